The molecule has 0 heterocycles. The number of hydrogen-bond donors (Lipinski definition) is 1. The van der Waals surface area contributed by atoms with Crippen LogP contribution < -0.4 is 14.8 Å². The molecule has 1 aliphatic rings. The number of hydrogen-bond acceptors (Lipinski definition) is 6. The summed E-state index contributed by atoms with van der Waals surface area (Å²) >= 11 is 2.04. The second-order valence-electron chi connectivity index (χ2n) is 7.00. The number of esters is 1. The summed E-state index contributed by atoms with van der Waals surface area (Å²) in [5.74, 6) is 0.631. The Bertz CT molecular complexity index is 679. The minimum Gasteiger partial charge on any atom is -0.492 e. The van der Waals surface area contributed by atoms with Crippen LogP contribution in [0.3, 0.4) is 0 Å². The van der Waals surface area contributed by atoms with Gasteiger partial charge in [-0.3, -0.25) is 0 Å². The molecular formula is C18H24INO6. The molecule has 1 aliphatic carbocycles. The number of ether oxygens (including phenoxy) is 4. The largest absolute Gasteiger partial charge is 0.492 e. The normalized spacial score (nSPS) is 19.2. The zero-order valence-electron chi connectivity index (χ0n) is 15.6. The molecule has 0 aromatic heterocycles. The van der Waals surface area contributed by atoms with E-state index in [0.29, 0.717) is 33.5 Å². The lowest BCUT2D eigenvalue weighted by Gasteiger charge is -2.36. The van der Waals surface area contributed by atoms with E-state index in [0.717, 1.165) is 0 Å². The lowest BCUT2D eigenvalue weighted by molar-refractivity contribution is 0.0357. The quantitative estimate of drug-likeness (QED) is 0.517. The number of alkyl carbamates (subject to hydrolysis) is 1. The zero-order chi connectivity index (χ0) is 19.5. The minimum atomic E-state index is -0.519. The molecule has 1 saturated carbocycles. The number of amides is 1. The van der Waals surface area contributed by atoms with Gasteiger partial charge in [0.05, 0.1) is 23.4 Å². The van der Waals surface area contributed by atoms with Gasteiger partial charge in [0.2, 0.25) is 0 Å². The van der Waals surface area contributed by atoms with Gasteiger partial charge in [0.25, 0.3) is 0 Å². The van der Waals surface area contributed by atoms with Crippen LogP contribution in [0.15, 0.2) is 12.1 Å². The van der Waals surface area contributed by atoms with Gasteiger partial charge in [-0.05, 0) is 55.5 Å². The van der Waals surface area contributed by atoms with Gasteiger partial charge >= 0.3 is 12.1 Å². The van der Waals surface area contributed by atoms with Crippen LogP contribution in [0.25, 0.3) is 0 Å². The van der Waals surface area contributed by atoms with E-state index in [1.807, 2.05) is 43.4 Å². The van der Waals surface area contributed by atoms with E-state index in [4.69, 9.17) is 18.9 Å². The van der Waals surface area contributed by atoms with Crippen LogP contribution in [0.1, 0.15) is 44.0 Å². The van der Waals surface area contributed by atoms with Crippen molar-refractivity contribution in [3.63, 3.8) is 0 Å². The molecule has 0 spiro atoms. The van der Waals surface area contributed by atoms with Crippen LogP contribution >= 0.6 is 22.6 Å². The van der Waals surface area contributed by atoms with Crippen molar-refractivity contribution < 1.29 is 28.5 Å². The first-order valence-electron chi connectivity index (χ1n) is 8.25. The summed E-state index contributed by atoms with van der Waals surface area (Å²) in [6.45, 7) is 5.47. The van der Waals surface area contributed by atoms with Gasteiger partial charge < -0.3 is 24.3 Å². The Hall–Kier alpha value is -1.71. The second-order valence-corrected chi connectivity index (χ2v) is 8.08. The predicted octanol–water partition coefficient (Wildman–Crippen LogP) is 3.52. The number of rotatable bonds is 5. The Morgan fingerprint density at radius 1 is 1.19 bits per heavy atom. The third-order valence-corrected chi connectivity index (χ3v) is 4.85. The second kappa shape index (κ2) is 8.32. The molecule has 1 aromatic carbocycles. The van der Waals surface area contributed by atoms with E-state index < -0.39 is 17.7 Å². The average Bonchev–Trinajstić information content (AvgIpc) is 2.50. The van der Waals surface area contributed by atoms with Crippen LogP contribution in [0.5, 0.6) is 11.5 Å². The molecule has 1 fully saturated rings. The van der Waals surface area contributed by atoms with Crippen LogP contribution in [0, 0.1) is 3.57 Å². The van der Waals surface area contributed by atoms with Crippen molar-refractivity contribution in [1.29, 1.82) is 0 Å². The van der Waals surface area contributed by atoms with E-state index in [1.54, 1.807) is 12.1 Å². The summed E-state index contributed by atoms with van der Waals surface area (Å²) < 4.78 is 22.0. The highest BCUT2D eigenvalue weighted by Crippen LogP contribution is 2.37. The Morgan fingerprint density at radius 2 is 1.85 bits per heavy atom. The molecule has 0 aliphatic heterocycles. The van der Waals surface area contributed by atoms with Crippen LogP contribution in [-0.4, -0.2) is 44.0 Å². The first kappa shape index (κ1) is 20.6. The molecule has 0 saturated heterocycles. The first-order chi connectivity index (χ1) is 12.1. The highest BCUT2D eigenvalue weighted by molar-refractivity contribution is 14.1. The van der Waals surface area contributed by atoms with E-state index in [-0.39, 0.29) is 12.1 Å². The van der Waals surface area contributed by atoms with Gasteiger partial charge in [-0.15, -0.1) is 0 Å². The van der Waals surface area contributed by atoms with Gasteiger partial charge in [0, 0.05) is 18.9 Å². The fraction of sp³-hybridized carbons (Fsp3) is 0.556. The van der Waals surface area contributed by atoms with Crippen LogP contribution in [-0.2, 0) is 9.47 Å². The molecule has 144 valence electrons. The van der Waals surface area contributed by atoms with Crippen LogP contribution in [0.2, 0.25) is 0 Å². The number of benzene rings is 1. The van der Waals surface area contributed by atoms with Crippen molar-refractivity contribution in [3.8, 4) is 11.5 Å². The molecule has 1 N–H and O–H groups in total. The van der Waals surface area contributed by atoms with Crippen molar-refractivity contribution in [2.75, 3.05) is 14.2 Å². The molecule has 26 heavy (non-hydrogen) atoms. The van der Waals surface area contributed by atoms with Crippen LogP contribution in [0.4, 0.5) is 4.79 Å². The maximum absolute atomic E-state index is 11.8. The van der Waals surface area contributed by atoms with Gasteiger partial charge in [0.1, 0.15) is 11.7 Å². The van der Waals surface area contributed by atoms with Gasteiger partial charge in [0.15, 0.2) is 11.5 Å². The summed E-state index contributed by atoms with van der Waals surface area (Å²) in [6, 6.07) is 3.37. The standard InChI is InChI=1S/C18H24INO6/c1-18(2,3)26-17(22)20-10-8-11(9-10)25-13-7-6-12(16(21)24-5)14(19)15(13)23-4/h6-7,10-11H,8-9H2,1-5H3,(H,20,22). The average molecular weight is 477 g/mol. The van der Waals surface area contributed by atoms with E-state index >= 15 is 0 Å². The van der Waals surface area contributed by atoms with Gasteiger partial charge in [-0.1, -0.05) is 0 Å². The lowest BCUT2D eigenvalue weighted by atomic mass is 9.89. The van der Waals surface area contributed by atoms with Crippen molar-refractivity contribution >= 4 is 34.7 Å². The molecule has 2 rings (SSSR count). The summed E-state index contributed by atoms with van der Waals surface area (Å²) in [6.07, 6.45) is 0.897. The molecule has 0 radical (unpaired) electrons. The van der Waals surface area contributed by atoms with E-state index in [1.165, 1.54) is 14.2 Å². The third-order valence-electron chi connectivity index (χ3n) is 3.78. The smallest absolute Gasteiger partial charge is 0.407 e. The van der Waals surface area contributed by atoms with Gasteiger partial charge in [-0.2, -0.15) is 0 Å². The van der Waals surface area contributed by atoms with Crippen molar-refractivity contribution in [3.05, 3.63) is 21.3 Å². The summed E-state index contributed by atoms with van der Waals surface area (Å²) in [4.78, 5) is 23.5. The molecule has 8 heteroatoms. The fourth-order valence-corrected chi connectivity index (χ4v) is 3.41. The molecule has 0 bridgehead atoms. The lowest BCUT2D eigenvalue weighted by Crippen LogP contribution is -2.50. The number of carbonyl (C=O) groups excluding carboxylic acids is 2. The highest BCUT2D eigenvalue weighted by atomic mass is 127. The van der Waals surface area contributed by atoms with Crippen molar-refractivity contribution in [2.45, 2.75) is 51.4 Å². The topological polar surface area (TPSA) is 83.1 Å². The Kier molecular flexibility index (Phi) is 6.59. The zero-order valence-corrected chi connectivity index (χ0v) is 17.7. The number of carbonyl (C=O) groups is 2. The van der Waals surface area contributed by atoms with E-state index in [2.05, 4.69) is 5.32 Å². The van der Waals surface area contributed by atoms with Gasteiger partial charge in [-0.25, -0.2) is 9.59 Å². The number of halogens is 1. The summed E-state index contributed by atoms with van der Waals surface area (Å²) in [5.41, 5.74) is -0.0924. The SMILES string of the molecule is COC(=O)c1ccc(OC2CC(NC(=O)OC(C)(C)C)C2)c(OC)c1I. The van der Waals surface area contributed by atoms with E-state index in [9.17, 15) is 9.59 Å². The number of methoxy groups -OCH3 is 2. The maximum Gasteiger partial charge on any atom is 0.407 e. The first-order valence-corrected chi connectivity index (χ1v) is 9.33. The summed E-state index contributed by atoms with van der Waals surface area (Å²) in [5, 5.41) is 2.83. The summed E-state index contributed by atoms with van der Waals surface area (Å²) in [7, 11) is 2.86. The number of nitrogens with one attached hydrogen (secondary N) is 1. The third kappa shape index (κ3) is 5.15. The minimum absolute atomic E-state index is 0.0225. The van der Waals surface area contributed by atoms with Crippen molar-refractivity contribution in [2.24, 2.45) is 0 Å². The molecular weight excluding hydrogens is 453 g/mol. The van der Waals surface area contributed by atoms with Crippen molar-refractivity contribution in [1.82, 2.24) is 5.32 Å². The Balaban J connectivity index is 1.94. The maximum atomic E-state index is 11.8. The molecule has 7 nitrogen and oxygen atoms in total. The predicted molar refractivity (Wildman–Crippen MR) is 104 cm³/mol. The Morgan fingerprint density at radius 3 is 2.38 bits per heavy atom. The highest BCUT2D eigenvalue weighted by Gasteiger charge is 2.34. The monoisotopic (exact) mass is 477 g/mol. The molecule has 0 unspecified atom stereocenters. The molecule has 1 amide bonds. The molecule has 1 aromatic rings. The fourth-order valence-electron chi connectivity index (χ4n) is 2.52. The molecule has 0 atom stereocenters. The Labute approximate surface area is 166 Å².